The number of carbonyl (C=O) groups excluding carboxylic acids is 1. The summed E-state index contributed by atoms with van der Waals surface area (Å²) in [6, 6.07) is 21.3. The third-order valence-corrected chi connectivity index (χ3v) is 9.43. The molecule has 2 amide bonds. The Hall–Kier alpha value is -3.51. The molecule has 1 saturated heterocycles. The lowest BCUT2D eigenvalue weighted by molar-refractivity contribution is -0.0735. The van der Waals surface area contributed by atoms with Crippen molar-refractivity contribution in [2.45, 2.75) is 56.9 Å². The van der Waals surface area contributed by atoms with E-state index in [1.165, 1.54) is 36.8 Å². The first-order chi connectivity index (χ1) is 17.9. The number of amides is 2. The maximum absolute atomic E-state index is 12.6. The highest BCUT2D eigenvalue weighted by molar-refractivity contribution is 6.02. The van der Waals surface area contributed by atoms with Gasteiger partial charge in [-0.05, 0) is 92.2 Å². The van der Waals surface area contributed by atoms with Crippen LogP contribution in [-0.4, -0.2) is 35.7 Å². The minimum Gasteiger partial charge on any atom is -0.506 e. The summed E-state index contributed by atoms with van der Waals surface area (Å²) in [5, 5.41) is 20.5. The van der Waals surface area contributed by atoms with E-state index in [-0.39, 0.29) is 22.6 Å². The number of nitrogens with zero attached hydrogens (tertiary/aromatic N) is 1. The number of hydrogen-bond donors (Lipinski definition) is 4. The van der Waals surface area contributed by atoms with Crippen LogP contribution in [0.1, 0.15) is 50.2 Å². The molecule has 2 aliphatic carbocycles. The monoisotopic (exact) mass is 496 g/mol. The number of fused-ring (bicyclic) bond motifs is 1. The van der Waals surface area contributed by atoms with Crippen molar-refractivity contribution in [3.8, 4) is 5.75 Å². The predicted octanol–water partition coefficient (Wildman–Crippen LogP) is 6.86. The molecular formula is C31H36N4O2. The lowest BCUT2D eigenvalue weighted by atomic mass is 9.45. The number of rotatable bonds is 4. The molecule has 0 radical (unpaired) electrons. The summed E-state index contributed by atoms with van der Waals surface area (Å²) >= 11 is 0. The number of anilines is 4. The lowest BCUT2D eigenvalue weighted by Gasteiger charge is -2.65. The predicted molar refractivity (Wildman–Crippen MR) is 150 cm³/mol. The highest BCUT2D eigenvalue weighted by Crippen LogP contribution is 2.63. The van der Waals surface area contributed by atoms with Crippen LogP contribution in [0.3, 0.4) is 0 Å². The van der Waals surface area contributed by atoms with E-state index in [4.69, 9.17) is 0 Å². The van der Waals surface area contributed by atoms with Crippen LogP contribution in [0.15, 0.2) is 66.7 Å². The maximum atomic E-state index is 12.6. The molecule has 1 aliphatic heterocycles. The van der Waals surface area contributed by atoms with Gasteiger partial charge in [0.25, 0.3) is 0 Å². The molecular weight excluding hydrogens is 460 g/mol. The Morgan fingerprint density at radius 2 is 1.65 bits per heavy atom. The Balaban J connectivity index is 1.30. The SMILES string of the molecule is CN1CC[C@@]23CCCC[C@]2(C)[C@@H]1Cc1cc(Nc2ccccc2NC(=O)Nc2ccccc2)c(O)cc13. The van der Waals surface area contributed by atoms with Crippen molar-refractivity contribution >= 4 is 28.8 Å². The lowest BCUT2D eigenvalue weighted by Crippen LogP contribution is -2.66. The van der Waals surface area contributed by atoms with Gasteiger partial charge in [-0.15, -0.1) is 0 Å². The van der Waals surface area contributed by atoms with E-state index in [2.05, 4.69) is 40.9 Å². The second-order valence-corrected chi connectivity index (χ2v) is 11.3. The van der Waals surface area contributed by atoms with Crippen LogP contribution < -0.4 is 16.0 Å². The van der Waals surface area contributed by atoms with Gasteiger partial charge >= 0.3 is 6.03 Å². The van der Waals surface area contributed by atoms with Crippen LogP contribution in [0.4, 0.5) is 27.5 Å². The quantitative estimate of drug-likeness (QED) is 0.298. The Bertz CT molecular complexity index is 1330. The van der Waals surface area contributed by atoms with Gasteiger partial charge in [0, 0.05) is 17.1 Å². The number of para-hydroxylation sites is 3. The van der Waals surface area contributed by atoms with Crippen LogP contribution in [0.25, 0.3) is 0 Å². The van der Waals surface area contributed by atoms with E-state index in [0.717, 1.165) is 30.8 Å². The number of carbonyl (C=O) groups is 1. The summed E-state index contributed by atoms with van der Waals surface area (Å²) in [7, 11) is 2.28. The maximum Gasteiger partial charge on any atom is 0.323 e. The van der Waals surface area contributed by atoms with Gasteiger partial charge in [0.1, 0.15) is 5.75 Å². The van der Waals surface area contributed by atoms with Gasteiger partial charge in [0.2, 0.25) is 0 Å². The van der Waals surface area contributed by atoms with E-state index in [1.807, 2.05) is 60.7 Å². The molecule has 3 aromatic rings. The topological polar surface area (TPSA) is 76.6 Å². The summed E-state index contributed by atoms with van der Waals surface area (Å²) < 4.78 is 0. The third kappa shape index (κ3) is 3.95. The minimum absolute atomic E-state index is 0.140. The van der Waals surface area contributed by atoms with Crippen molar-refractivity contribution in [3.05, 3.63) is 77.9 Å². The summed E-state index contributed by atoms with van der Waals surface area (Å²) in [5.74, 6) is 0.266. The number of piperidine rings is 1. The Kier molecular flexibility index (Phi) is 5.87. The fraction of sp³-hybridized carbons (Fsp3) is 0.387. The number of phenolic OH excluding ortho intramolecular Hbond substituents is 1. The number of likely N-dealkylation sites (tertiary alicyclic amines) is 1. The van der Waals surface area contributed by atoms with Crippen LogP contribution in [0.5, 0.6) is 5.75 Å². The largest absolute Gasteiger partial charge is 0.506 e. The summed E-state index contributed by atoms with van der Waals surface area (Å²) in [5.41, 5.74) is 5.85. The van der Waals surface area contributed by atoms with Crippen LogP contribution in [0, 0.1) is 5.41 Å². The Morgan fingerprint density at radius 3 is 2.46 bits per heavy atom. The number of urea groups is 1. The summed E-state index contributed by atoms with van der Waals surface area (Å²) in [4.78, 5) is 15.2. The van der Waals surface area contributed by atoms with Crippen LogP contribution in [0.2, 0.25) is 0 Å². The molecule has 0 spiro atoms. The minimum atomic E-state index is -0.318. The van der Waals surface area contributed by atoms with Gasteiger partial charge in [-0.3, -0.25) is 0 Å². The normalized spacial score (nSPS) is 26.5. The van der Waals surface area contributed by atoms with E-state index in [0.29, 0.717) is 17.4 Å². The fourth-order valence-corrected chi connectivity index (χ4v) is 7.52. The first-order valence-corrected chi connectivity index (χ1v) is 13.5. The molecule has 3 atom stereocenters. The second kappa shape index (κ2) is 9.10. The molecule has 6 heteroatoms. The number of nitrogens with one attached hydrogen (secondary N) is 3. The third-order valence-electron chi connectivity index (χ3n) is 9.43. The number of likely N-dealkylation sites (N-methyl/N-ethyl adjacent to an activating group) is 1. The first-order valence-electron chi connectivity index (χ1n) is 13.5. The number of hydrogen-bond acceptors (Lipinski definition) is 4. The molecule has 2 bridgehead atoms. The number of benzene rings is 3. The Labute approximate surface area is 219 Å². The van der Waals surface area contributed by atoms with Gasteiger partial charge < -0.3 is 26.0 Å². The highest BCUT2D eigenvalue weighted by atomic mass is 16.3. The molecule has 37 heavy (non-hydrogen) atoms. The van der Waals surface area contributed by atoms with E-state index in [9.17, 15) is 9.90 Å². The van der Waals surface area contributed by atoms with Crippen molar-refractivity contribution < 1.29 is 9.90 Å². The van der Waals surface area contributed by atoms with Crippen molar-refractivity contribution in [1.82, 2.24) is 4.90 Å². The molecule has 1 saturated carbocycles. The van der Waals surface area contributed by atoms with Gasteiger partial charge in [0.05, 0.1) is 17.1 Å². The summed E-state index contributed by atoms with van der Waals surface area (Å²) in [6.45, 7) is 3.62. The zero-order valence-corrected chi connectivity index (χ0v) is 21.7. The molecule has 192 valence electrons. The van der Waals surface area contributed by atoms with Crippen LogP contribution >= 0.6 is 0 Å². The number of aromatic hydroxyl groups is 1. The van der Waals surface area contributed by atoms with Gasteiger partial charge in [-0.25, -0.2) is 4.79 Å². The van der Waals surface area contributed by atoms with Gasteiger partial charge in [0.15, 0.2) is 0 Å². The zero-order chi connectivity index (χ0) is 25.6. The fourth-order valence-electron chi connectivity index (χ4n) is 7.52. The van der Waals surface area contributed by atoms with Crippen molar-refractivity contribution in [2.75, 3.05) is 29.5 Å². The van der Waals surface area contributed by atoms with Crippen molar-refractivity contribution in [1.29, 1.82) is 0 Å². The molecule has 4 N–H and O–H groups in total. The van der Waals surface area contributed by atoms with E-state index in [1.54, 1.807) is 0 Å². The molecule has 1 heterocycles. The molecule has 6 rings (SSSR count). The molecule has 0 aromatic heterocycles. The molecule has 2 fully saturated rings. The van der Waals surface area contributed by atoms with E-state index < -0.39 is 0 Å². The van der Waals surface area contributed by atoms with Crippen LogP contribution in [-0.2, 0) is 11.8 Å². The summed E-state index contributed by atoms with van der Waals surface area (Å²) in [6.07, 6.45) is 7.17. The second-order valence-electron chi connectivity index (χ2n) is 11.3. The molecule has 3 aliphatic rings. The highest BCUT2D eigenvalue weighted by Gasteiger charge is 2.60. The van der Waals surface area contributed by atoms with Crippen molar-refractivity contribution in [3.63, 3.8) is 0 Å². The molecule has 6 nitrogen and oxygen atoms in total. The average molecular weight is 497 g/mol. The first kappa shape index (κ1) is 23.9. The number of phenols is 1. The molecule has 0 unspecified atom stereocenters. The van der Waals surface area contributed by atoms with Gasteiger partial charge in [-0.1, -0.05) is 50.1 Å². The smallest absolute Gasteiger partial charge is 0.323 e. The van der Waals surface area contributed by atoms with Crippen molar-refractivity contribution in [2.24, 2.45) is 5.41 Å². The zero-order valence-electron chi connectivity index (χ0n) is 21.7. The Morgan fingerprint density at radius 1 is 0.919 bits per heavy atom. The molecule has 3 aromatic carbocycles. The standard InChI is InChI=1S/C31H36N4O2/c1-30-14-8-9-15-31(30)16-17-35(2)28(30)19-21-18-26(27(36)20-23(21)31)33-24-12-6-7-13-25(24)34-29(37)32-22-10-4-3-5-11-22/h3-7,10-13,18,20,28,33,36H,8-9,14-17,19H2,1-2H3,(H2,32,34,37)/t28-,30+,31+/m0/s1. The van der Waals surface area contributed by atoms with Gasteiger partial charge in [-0.2, -0.15) is 0 Å². The van der Waals surface area contributed by atoms with E-state index >= 15 is 0 Å². The average Bonchev–Trinajstić information content (AvgIpc) is 2.89.